The molecule has 0 unspecified atom stereocenters. The molecule has 0 aromatic heterocycles. The van der Waals surface area contributed by atoms with E-state index in [0.29, 0.717) is 21.2 Å². The van der Waals surface area contributed by atoms with E-state index < -0.39 is 0 Å². The van der Waals surface area contributed by atoms with Crippen LogP contribution in [0.25, 0.3) is 0 Å². The minimum absolute atomic E-state index is 0.114. The third-order valence-electron chi connectivity index (χ3n) is 2.31. The molecular weight excluding hydrogens is 369 g/mol. The highest BCUT2D eigenvalue weighted by Crippen LogP contribution is 2.17. The van der Waals surface area contributed by atoms with E-state index in [-0.39, 0.29) is 11.4 Å². The van der Waals surface area contributed by atoms with Crippen LogP contribution in [0.5, 0.6) is 0 Å². The van der Waals surface area contributed by atoms with Crippen molar-refractivity contribution in [3.8, 4) is 0 Å². The molecular formula is C12H14Br2ClNO. The summed E-state index contributed by atoms with van der Waals surface area (Å²) in [6.07, 6.45) is 0. The fourth-order valence-corrected chi connectivity index (χ4v) is 2.81. The van der Waals surface area contributed by atoms with Crippen molar-refractivity contribution < 1.29 is 4.79 Å². The predicted molar refractivity (Wildman–Crippen MR) is 79.6 cm³/mol. The summed E-state index contributed by atoms with van der Waals surface area (Å²) in [5.41, 5.74) is 1.25. The maximum absolute atomic E-state index is 12.1. The maximum atomic E-state index is 12.1. The molecule has 0 fully saturated rings. The smallest absolute Gasteiger partial charge is 0.251 e. The number of hydrogen-bond donors (Lipinski definition) is 1. The van der Waals surface area contributed by atoms with Crippen molar-refractivity contribution >= 4 is 49.4 Å². The van der Waals surface area contributed by atoms with Crippen LogP contribution in [0.4, 0.5) is 0 Å². The first kappa shape index (κ1) is 15.0. The lowest BCUT2D eigenvalue weighted by Crippen LogP contribution is -2.48. The number of halogens is 3. The van der Waals surface area contributed by atoms with Crippen molar-refractivity contribution in [2.45, 2.75) is 19.4 Å². The molecule has 0 atom stereocenters. The summed E-state index contributed by atoms with van der Waals surface area (Å²) in [7, 11) is 0. The Bertz CT molecular complexity index is 399. The molecule has 1 rings (SSSR count). The first-order chi connectivity index (χ1) is 7.90. The lowest BCUT2D eigenvalue weighted by Gasteiger charge is -2.26. The molecule has 0 heterocycles. The molecule has 1 aromatic carbocycles. The molecule has 1 aromatic rings. The molecule has 1 amide bonds. The number of rotatable bonds is 4. The van der Waals surface area contributed by atoms with Gasteiger partial charge in [-0.2, -0.15) is 0 Å². The number of hydrogen-bond acceptors (Lipinski definition) is 1. The van der Waals surface area contributed by atoms with E-state index in [1.54, 1.807) is 6.07 Å². The van der Waals surface area contributed by atoms with Crippen LogP contribution in [0, 0.1) is 6.92 Å². The van der Waals surface area contributed by atoms with Crippen molar-refractivity contribution in [2.24, 2.45) is 0 Å². The van der Waals surface area contributed by atoms with Crippen LogP contribution < -0.4 is 5.32 Å². The van der Waals surface area contributed by atoms with E-state index in [9.17, 15) is 4.79 Å². The van der Waals surface area contributed by atoms with Gasteiger partial charge in [0.2, 0.25) is 0 Å². The molecule has 0 saturated heterocycles. The Morgan fingerprint density at radius 2 is 1.94 bits per heavy atom. The molecule has 0 saturated carbocycles. The molecule has 5 heteroatoms. The van der Waals surface area contributed by atoms with Crippen LogP contribution in [-0.4, -0.2) is 22.1 Å². The van der Waals surface area contributed by atoms with Gasteiger partial charge in [0.25, 0.3) is 5.91 Å². The minimum atomic E-state index is -0.312. The van der Waals surface area contributed by atoms with Crippen LogP contribution in [0.1, 0.15) is 22.8 Å². The molecule has 0 aliphatic carbocycles. The standard InChI is InChI=1S/C12H14Br2ClNO/c1-8-3-9(5-10(15)4-8)11(17)16-12(2,6-13)7-14/h3-5H,6-7H2,1-2H3,(H,16,17). The fourth-order valence-electron chi connectivity index (χ4n) is 1.32. The van der Waals surface area contributed by atoms with Gasteiger partial charge in [0.05, 0.1) is 5.54 Å². The quantitative estimate of drug-likeness (QED) is 0.785. The van der Waals surface area contributed by atoms with Gasteiger partial charge in [0.15, 0.2) is 0 Å². The van der Waals surface area contributed by atoms with Crippen molar-refractivity contribution in [3.63, 3.8) is 0 Å². The maximum Gasteiger partial charge on any atom is 0.251 e. The van der Waals surface area contributed by atoms with Gasteiger partial charge in [-0.3, -0.25) is 4.79 Å². The van der Waals surface area contributed by atoms with E-state index >= 15 is 0 Å². The SMILES string of the molecule is Cc1cc(Cl)cc(C(=O)NC(C)(CBr)CBr)c1. The molecule has 2 nitrogen and oxygen atoms in total. The van der Waals surface area contributed by atoms with Crippen LogP contribution in [0.3, 0.4) is 0 Å². The van der Waals surface area contributed by atoms with Crippen molar-refractivity contribution in [2.75, 3.05) is 10.7 Å². The first-order valence-electron chi connectivity index (χ1n) is 5.12. The number of alkyl halides is 2. The van der Waals surface area contributed by atoms with Crippen molar-refractivity contribution in [1.82, 2.24) is 5.32 Å². The Kier molecular flexibility index (Phi) is 5.48. The molecule has 1 N–H and O–H groups in total. The summed E-state index contributed by atoms with van der Waals surface area (Å²) in [5.74, 6) is -0.114. The van der Waals surface area contributed by atoms with Crippen LogP contribution in [0.2, 0.25) is 5.02 Å². The summed E-state index contributed by atoms with van der Waals surface area (Å²) >= 11 is 12.7. The van der Waals surface area contributed by atoms with Gasteiger partial charge in [0, 0.05) is 21.2 Å². The largest absolute Gasteiger partial charge is 0.345 e. The topological polar surface area (TPSA) is 29.1 Å². The molecule has 0 spiro atoms. The average Bonchev–Trinajstić information content (AvgIpc) is 2.27. The fraction of sp³-hybridized carbons (Fsp3) is 0.417. The normalized spacial score (nSPS) is 11.4. The van der Waals surface area contributed by atoms with E-state index in [4.69, 9.17) is 11.6 Å². The Labute approximate surface area is 123 Å². The Morgan fingerprint density at radius 3 is 2.41 bits per heavy atom. The summed E-state index contributed by atoms with van der Waals surface area (Å²) in [6.45, 7) is 3.88. The van der Waals surface area contributed by atoms with Gasteiger partial charge in [-0.15, -0.1) is 0 Å². The summed E-state index contributed by atoms with van der Waals surface area (Å²) in [6, 6.07) is 5.32. The van der Waals surface area contributed by atoms with Crippen molar-refractivity contribution in [1.29, 1.82) is 0 Å². The highest BCUT2D eigenvalue weighted by Gasteiger charge is 2.24. The van der Waals surface area contributed by atoms with Gasteiger partial charge >= 0.3 is 0 Å². The van der Waals surface area contributed by atoms with Crippen LogP contribution >= 0.6 is 43.5 Å². The van der Waals surface area contributed by atoms with E-state index in [1.807, 2.05) is 26.0 Å². The van der Waals surface area contributed by atoms with Crippen LogP contribution in [-0.2, 0) is 0 Å². The van der Waals surface area contributed by atoms with Crippen molar-refractivity contribution in [3.05, 3.63) is 34.3 Å². The zero-order valence-corrected chi connectivity index (χ0v) is 13.6. The summed E-state index contributed by atoms with van der Waals surface area (Å²) in [4.78, 5) is 12.1. The van der Waals surface area contributed by atoms with Gasteiger partial charge in [-0.05, 0) is 37.6 Å². The highest BCUT2D eigenvalue weighted by atomic mass is 79.9. The number of carbonyl (C=O) groups excluding carboxylic acids is 1. The summed E-state index contributed by atoms with van der Waals surface area (Å²) < 4.78 is 0. The lowest BCUT2D eigenvalue weighted by molar-refractivity contribution is 0.0923. The number of carbonyl (C=O) groups is 1. The highest BCUT2D eigenvalue weighted by molar-refractivity contribution is 9.09. The molecule has 0 radical (unpaired) electrons. The van der Waals surface area contributed by atoms with Gasteiger partial charge in [0.1, 0.15) is 0 Å². The number of aryl methyl sites for hydroxylation is 1. The molecule has 94 valence electrons. The Hall–Kier alpha value is -0.0600. The zero-order chi connectivity index (χ0) is 13.1. The predicted octanol–water partition coefficient (Wildman–Crippen LogP) is 3.93. The second-order valence-corrected chi connectivity index (χ2v) is 5.86. The van der Waals surface area contributed by atoms with Gasteiger partial charge in [-0.25, -0.2) is 0 Å². The molecule has 0 aliphatic rings. The molecule has 0 bridgehead atoms. The Balaban J connectivity index is 2.90. The monoisotopic (exact) mass is 381 g/mol. The number of amides is 1. The van der Waals surface area contributed by atoms with E-state index in [0.717, 1.165) is 5.56 Å². The molecule has 17 heavy (non-hydrogen) atoms. The third-order valence-corrected chi connectivity index (χ3v) is 5.00. The van der Waals surface area contributed by atoms with E-state index in [2.05, 4.69) is 37.2 Å². The first-order valence-corrected chi connectivity index (χ1v) is 7.74. The summed E-state index contributed by atoms with van der Waals surface area (Å²) in [5, 5.41) is 4.90. The second-order valence-electron chi connectivity index (χ2n) is 4.30. The zero-order valence-electron chi connectivity index (χ0n) is 9.69. The lowest BCUT2D eigenvalue weighted by atomic mass is 10.1. The van der Waals surface area contributed by atoms with Gasteiger partial charge in [-0.1, -0.05) is 43.5 Å². The average molecular weight is 384 g/mol. The third kappa shape index (κ3) is 4.27. The number of nitrogens with one attached hydrogen (secondary N) is 1. The molecule has 0 aliphatic heterocycles. The van der Waals surface area contributed by atoms with Gasteiger partial charge < -0.3 is 5.32 Å². The van der Waals surface area contributed by atoms with Crippen LogP contribution in [0.15, 0.2) is 18.2 Å². The second kappa shape index (κ2) is 6.21. The Morgan fingerprint density at radius 1 is 1.35 bits per heavy atom. The van der Waals surface area contributed by atoms with E-state index in [1.165, 1.54) is 0 Å². The number of benzene rings is 1. The minimum Gasteiger partial charge on any atom is -0.345 e.